The number of carbonyl (C=O) groups excluding carboxylic acids is 5. The minimum absolute atomic E-state index is 0.145. The van der Waals surface area contributed by atoms with Crippen LogP contribution in [0.1, 0.15) is 46.9 Å². The topological polar surface area (TPSA) is 122 Å². The van der Waals surface area contributed by atoms with Crippen LogP contribution in [0, 0.1) is 17.8 Å². The van der Waals surface area contributed by atoms with Gasteiger partial charge in [0.2, 0.25) is 11.8 Å². The molecule has 0 unspecified atom stereocenters. The molecule has 0 radical (unpaired) electrons. The lowest BCUT2D eigenvalue weighted by atomic mass is 9.76. The van der Waals surface area contributed by atoms with Crippen molar-refractivity contribution in [3.05, 3.63) is 64.7 Å². The third kappa shape index (κ3) is 5.19. The number of esters is 1. The second-order valence-electron chi connectivity index (χ2n) is 8.75. The third-order valence-electron chi connectivity index (χ3n) is 6.32. The van der Waals surface area contributed by atoms with Gasteiger partial charge in [-0.2, -0.15) is 0 Å². The molecule has 2 aromatic carbocycles. The highest BCUT2D eigenvalue weighted by atomic mass is 35.5. The highest BCUT2D eigenvalue weighted by molar-refractivity contribution is 6.33. The molecule has 1 aliphatic heterocycles. The summed E-state index contributed by atoms with van der Waals surface area (Å²) >= 11 is 5.93. The van der Waals surface area contributed by atoms with Crippen LogP contribution in [0.25, 0.3) is 0 Å². The minimum Gasteiger partial charge on any atom is -0.452 e. The molecule has 9 nitrogen and oxygen atoms in total. The molecule has 1 saturated heterocycles. The van der Waals surface area contributed by atoms with Gasteiger partial charge in [-0.05, 0) is 61.6 Å². The van der Waals surface area contributed by atoms with E-state index < -0.39 is 24.4 Å². The average molecular weight is 498 g/mol. The van der Waals surface area contributed by atoms with E-state index in [1.54, 1.807) is 12.1 Å². The van der Waals surface area contributed by atoms with Crippen molar-refractivity contribution in [2.24, 2.45) is 17.8 Å². The number of benzene rings is 2. The zero-order valence-corrected chi connectivity index (χ0v) is 19.7. The van der Waals surface area contributed by atoms with Crippen LogP contribution in [-0.2, 0) is 19.1 Å². The van der Waals surface area contributed by atoms with Gasteiger partial charge in [0.1, 0.15) is 0 Å². The van der Waals surface area contributed by atoms with Crippen LogP contribution in [0.5, 0.6) is 0 Å². The lowest BCUT2D eigenvalue weighted by molar-refractivity contribution is -0.125. The van der Waals surface area contributed by atoms with Gasteiger partial charge in [0.15, 0.2) is 6.61 Å². The van der Waals surface area contributed by atoms with Crippen molar-refractivity contribution in [3.63, 3.8) is 0 Å². The molecule has 4 rings (SSSR count). The van der Waals surface area contributed by atoms with Gasteiger partial charge in [-0.25, -0.2) is 4.79 Å². The summed E-state index contributed by atoms with van der Waals surface area (Å²) in [6.45, 7) is 1.46. The Balaban J connectivity index is 1.29. The summed E-state index contributed by atoms with van der Waals surface area (Å²) in [7, 11) is 0. The van der Waals surface area contributed by atoms with E-state index in [-0.39, 0.29) is 39.8 Å². The Morgan fingerprint density at radius 2 is 1.66 bits per heavy atom. The average Bonchev–Trinajstić information content (AvgIpc) is 3.10. The van der Waals surface area contributed by atoms with Gasteiger partial charge in [-0.15, -0.1) is 0 Å². The summed E-state index contributed by atoms with van der Waals surface area (Å²) < 4.78 is 4.97. The summed E-state index contributed by atoms with van der Waals surface area (Å²) in [6.07, 6.45) is 2.34. The lowest BCUT2D eigenvalue weighted by Gasteiger charge is -2.25. The van der Waals surface area contributed by atoms with Crippen LogP contribution in [0.15, 0.2) is 48.5 Å². The number of hydrogen-bond donors (Lipinski definition) is 2. The van der Waals surface area contributed by atoms with E-state index in [2.05, 4.69) is 17.8 Å². The van der Waals surface area contributed by atoms with Crippen molar-refractivity contribution in [2.45, 2.75) is 26.2 Å². The van der Waals surface area contributed by atoms with Gasteiger partial charge in [-0.3, -0.25) is 34.9 Å². The molecular weight excluding hydrogens is 474 g/mol. The fourth-order valence-electron chi connectivity index (χ4n) is 4.48. The van der Waals surface area contributed by atoms with Crippen molar-refractivity contribution in [2.75, 3.05) is 11.5 Å². The first-order chi connectivity index (χ1) is 16.8. The zero-order valence-electron chi connectivity index (χ0n) is 19.0. The van der Waals surface area contributed by atoms with Crippen LogP contribution in [0.2, 0.25) is 5.02 Å². The Kier molecular flexibility index (Phi) is 7.16. The Labute approximate surface area is 206 Å². The molecule has 2 fully saturated rings. The lowest BCUT2D eigenvalue weighted by Crippen LogP contribution is -2.43. The van der Waals surface area contributed by atoms with E-state index in [0.29, 0.717) is 24.4 Å². The molecule has 2 N–H and O–H groups in total. The molecule has 0 aromatic heterocycles. The molecular formula is C25H24ClN3O6. The first kappa shape index (κ1) is 24.4. The van der Waals surface area contributed by atoms with Gasteiger partial charge in [0.25, 0.3) is 11.8 Å². The van der Waals surface area contributed by atoms with Crippen LogP contribution < -0.4 is 15.8 Å². The fraction of sp³-hybridized carbons (Fsp3) is 0.320. The van der Waals surface area contributed by atoms with E-state index in [0.717, 1.165) is 6.42 Å². The van der Waals surface area contributed by atoms with Gasteiger partial charge >= 0.3 is 5.97 Å². The molecule has 2 aromatic rings. The van der Waals surface area contributed by atoms with E-state index >= 15 is 0 Å². The molecule has 1 saturated carbocycles. The number of carbonyl (C=O) groups is 5. The maximum absolute atomic E-state index is 12.8. The number of hydrazine groups is 1. The fourth-order valence-corrected chi connectivity index (χ4v) is 4.70. The van der Waals surface area contributed by atoms with Crippen LogP contribution in [0.3, 0.4) is 0 Å². The van der Waals surface area contributed by atoms with Crippen LogP contribution in [0.4, 0.5) is 5.69 Å². The molecule has 182 valence electrons. The van der Waals surface area contributed by atoms with Crippen molar-refractivity contribution in [1.82, 2.24) is 10.9 Å². The van der Waals surface area contributed by atoms with Gasteiger partial charge in [0.05, 0.1) is 33.7 Å². The maximum Gasteiger partial charge on any atom is 0.338 e. The minimum atomic E-state index is -0.773. The van der Waals surface area contributed by atoms with Crippen molar-refractivity contribution in [3.8, 4) is 0 Å². The summed E-state index contributed by atoms with van der Waals surface area (Å²) in [4.78, 5) is 63.1. The highest BCUT2D eigenvalue weighted by Gasteiger charge is 2.49. The molecule has 35 heavy (non-hydrogen) atoms. The maximum atomic E-state index is 12.8. The number of anilines is 1. The van der Waals surface area contributed by atoms with Crippen molar-refractivity contribution >= 4 is 46.9 Å². The molecule has 10 heteroatoms. The summed E-state index contributed by atoms with van der Waals surface area (Å²) in [5, 5.41) is 0.222. The Hall–Kier alpha value is -3.72. The summed E-state index contributed by atoms with van der Waals surface area (Å²) in [5.41, 5.74) is 5.06. The molecule has 4 amide bonds. The number of imide groups is 1. The van der Waals surface area contributed by atoms with E-state index in [1.807, 2.05) is 0 Å². The van der Waals surface area contributed by atoms with Gasteiger partial charge < -0.3 is 4.74 Å². The molecule has 3 atom stereocenters. The number of amides is 4. The quantitative estimate of drug-likeness (QED) is 0.372. The first-order valence-electron chi connectivity index (χ1n) is 11.2. The number of ether oxygens (including phenoxy) is 1. The van der Waals surface area contributed by atoms with E-state index in [4.69, 9.17) is 16.3 Å². The summed E-state index contributed by atoms with van der Waals surface area (Å²) in [6, 6.07) is 12.2. The second kappa shape index (κ2) is 10.3. The predicted octanol–water partition coefficient (Wildman–Crippen LogP) is 2.88. The van der Waals surface area contributed by atoms with Gasteiger partial charge in [-0.1, -0.05) is 30.7 Å². The second-order valence-corrected chi connectivity index (χ2v) is 9.16. The highest BCUT2D eigenvalue weighted by Crippen LogP contribution is 2.42. The summed E-state index contributed by atoms with van der Waals surface area (Å²) in [5.74, 6) is -2.69. The molecule has 0 spiro atoms. The number of hydrogen-bond acceptors (Lipinski definition) is 6. The largest absolute Gasteiger partial charge is 0.452 e. The normalized spacial score (nSPS) is 21.3. The molecule has 2 aliphatic rings. The van der Waals surface area contributed by atoms with Crippen LogP contribution in [-0.4, -0.2) is 36.2 Å². The zero-order chi connectivity index (χ0) is 25.1. The molecule has 1 aliphatic carbocycles. The predicted molar refractivity (Wildman–Crippen MR) is 126 cm³/mol. The van der Waals surface area contributed by atoms with Crippen molar-refractivity contribution in [1.29, 1.82) is 0 Å². The number of rotatable bonds is 5. The number of halogens is 1. The molecule has 1 heterocycles. The third-order valence-corrected chi connectivity index (χ3v) is 6.65. The molecule has 0 bridgehead atoms. The van der Waals surface area contributed by atoms with Crippen molar-refractivity contribution < 1.29 is 28.7 Å². The number of fused-ring (bicyclic) bond motifs is 1. The van der Waals surface area contributed by atoms with E-state index in [9.17, 15) is 24.0 Å². The van der Waals surface area contributed by atoms with Crippen LogP contribution >= 0.6 is 11.6 Å². The van der Waals surface area contributed by atoms with Gasteiger partial charge in [0, 0.05) is 0 Å². The number of nitrogens with one attached hydrogen (secondary N) is 2. The SMILES string of the molecule is C[C@@H]1CC[C@H]2C(=O)N(c3ccc(C(=O)OCC(=O)NNC(=O)c4ccccc4Cl)cc3)C(=O)[C@H]2C1. The standard InChI is InChI=1S/C25H24ClN3O6/c1-14-6-11-17-19(12-14)24(33)29(23(17)32)16-9-7-15(8-10-16)25(34)35-13-21(30)27-28-22(31)18-4-2-3-5-20(18)26/h2-5,7-10,14,17,19H,6,11-13H2,1H3,(H,27,30)(H,28,31)/t14-,17-,19+/m1/s1. The number of nitrogens with zero attached hydrogens (tertiary/aromatic N) is 1. The first-order valence-corrected chi connectivity index (χ1v) is 11.6. The smallest absolute Gasteiger partial charge is 0.338 e. The Morgan fingerprint density at radius 1 is 0.971 bits per heavy atom. The monoisotopic (exact) mass is 497 g/mol. The Morgan fingerprint density at radius 3 is 2.37 bits per heavy atom. The Bertz CT molecular complexity index is 1180. The van der Waals surface area contributed by atoms with E-state index in [1.165, 1.54) is 41.3 Å².